The lowest BCUT2D eigenvalue weighted by atomic mass is 10.1. The number of hydrogen-bond acceptors (Lipinski definition) is 4. The molecule has 7 heteroatoms. The Kier molecular flexibility index (Phi) is 4.38. The largest absolute Gasteiger partial charge is 0.496 e. The van der Waals surface area contributed by atoms with Gasteiger partial charge in [-0.1, -0.05) is 28.1 Å². The average Bonchev–Trinajstić information content (AvgIpc) is 2.55. The van der Waals surface area contributed by atoms with Gasteiger partial charge in [0.15, 0.2) is 4.77 Å². The molecule has 0 spiro atoms. The van der Waals surface area contributed by atoms with E-state index in [0.717, 1.165) is 14.6 Å². The van der Waals surface area contributed by atoms with Crippen LogP contribution in [-0.2, 0) is 0 Å². The summed E-state index contributed by atoms with van der Waals surface area (Å²) >= 11 is 8.55. The minimum atomic E-state index is -0.524. The van der Waals surface area contributed by atoms with Crippen molar-refractivity contribution in [1.29, 1.82) is 0 Å². The van der Waals surface area contributed by atoms with Crippen molar-refractivity contribution >= 4 is 45.0 Å². The van der Waals surface area contributed by atoms with Crippen LogP contribution in [0.2, 0.25) is 0 Å². The number of aromatic nitrogens is 2. The molecule has 3 aromatic rings. The van der Waals surface area contributed by atoms with E-state index in [1.54, 1.807) is 30.3 Å². The van der Waals surface area contributed by atoms with Crippen molar-refractivity contribution in [3.8, 4) is 5.75 Å². The lowest BCUT2D eigenvalue weighted by Crippen LogP contribution is -2.29. The Morgan fingerprint density at radius 1 is 1.29 bits per heavy atom. The number of nitrogens with zero attached hydrogens (tertiary/aromatic N) is 1. The first-order chi connectivity index (χ1) is 11.4. The highest BCUT2D eigenvalue weighted by atomic mass is 79.9. The Balaban J connectivity index is 2.31. The number of H-pyrrole nitrogens is 1. The van der Waals surface area contributed by atoms with Crippen LogP contribution in [0.4, 0.5) is 0 Å². The predicted octanol–water partition coefficient (Wildman–Crippen LogP) is 3.83. The summed E-state index contributed by atoms with van der Waals surface area (Å²) in [5.74, 6) is -0.0955. The number of rotatable bonds is 2. The molecule has 24 heavy (non-hydrogen) atoms. The van der Waals surface area contributed by atoms with Crippen LogP contribution in [0, 0.1) is 11.7 Å². The topological polar surface area (TPSA) is 64.1 Å². The van der Waals surface area contributed by atoms with Crippen molar-refractivity contribution in [3.63, 3.8) is 0 Å². The van der Waals surface area contributed by atoms with Crippen molar-refractivity contribution in [2.24, 2.45) is 0 Å². The first-order valence-corrected chi connectivity index (χ1v) is 8.27. The number of aromatic amines is 1. The highest BCUT2D eigenvalue weighted by Crippen LogP contribution is 2.24. The zero-order valence-electron chi connectivity index (χ0n) is 12.9. The summed E-state index contributed by atoms with van der Waals surface area (Å²) in [6, 6.07) is 10.4. The molecule has 0 aliphatic heterocycles. The van der Waals surface area contributed by atoms with E-state index in [-0.39, 0.29) is 10.3 Å². The van der Waals surface area contributed by atoms with E-state index in [1.165, 1.54) is 7.11 Å². The maximum absolute atomic E-state index is 12.9. The molecule has 0 aliphatic carbocycles. The fourth-order valence-corrected chi connectivity index (χ4v) is 3.22. The SMILES string of the molecule is COc1c(C)cccc1C(=O)n1c(=S)[nH]c2ccc(Br)cc2c1=O. The molecule has 1 heterocycles. The fourth-order valence-electron chi connectivity index (χ4n) is 2.58. The number of carbonyl (C=O) groups excluding carboxylic acids is 1. The third-order valence-electron chi connectivity index (χ3n) is 3.71. The third kappa shape index (κ3) is 2.70. The molecular weight excluding hydrogens is 392 g/mol. The van der Waals surface area contributed by atoms with E-state index in [2.05, 4.69) is 20.9 Å². The van der Waals surface area contributed by atoms with Gasteiger partial charge in [0.2, 0.25) is 0 Å². The van der Waals surface area contributed by atoms with E-state index >= 15 is 0 Å². The normalized spacial score (nSPS) is 10.8. The van der Waals surface area contributed by atoms with Crippen molar-refractivity contribution in [2.45, 2.75) is 6.92 Å². The molecule has 0 atom stereocenters. The van der Waals surface area contributed by atoms with Crippen LogP contribution in [0.25, 0.3) is 10.9 Å². The lowest BCUT2D eigenvalue weighted by molar-refractivity contribution is 0.0950. The van der Waals surface area contributed by atoms with E-state index in [4.69, 9.17) is 17.0 Å². The fraction of sp³-hybridized carbons (Fsp3) is 0.118. The number of ether oxygens (including phenoxy) is 1. The monoisotopic (exact) mass is 404 g/mol. The molecule has 0 aliphatic rings. The second-order valence-corrected chi connectivity index (χ2v) is 6.52. The van der Waals surface area contributed by atoms with Gasteiger partial charge in [-0.2, -0.15) is 0 Å². The smallest absolute Gasteiger partial charge is 0.270 e. The van der Waals surface area contributed by atoms with Gasteiger partial charge in [0.1, 0.15) is 5.75 Å². The van der Waals surface area contributed by atoms with Crippen molar-refractivity contribution in [3.05, 3.63) is 67.1 Å². The molecule has 0 amide bonds. The van der Waals surface area contributed by atoms with Gasteiger partial charge in [0.25, 0.3) is 11.5 Å². The number of aryl methyl sites for hydroxylation is 1. The van der Waals surface area contributed by atoms with Gasteiger partial charge in [-0.05, 0) is 49.0 Å². The first-order valence-electron chi connectivity index (χ1n) is 7.07. The van der Waals surface area contributed by atoms with Gasteiger partial charge in [-0.15, -0.1) is 0 Å². The lowest BCUT2D eigenvalue weighted by Gasteiger charge is -2.12. The summed E-state index contributed by atoms with van der Waals surface area (Å²) in [6.45, 7) is 1.83. The summed E-state index contributed by atoms with van der Waals surface area (Å²) in [5.41, 5.74) is 1.19. The molecule has 3 rings (SSSR count). The molecule has 122 valence electrons. The maximum atomic E-state index is 12.9. The summed E-state index contributed by atoms with van der Waals surface area (Å²) in [7, 11) is 1.49. The molecule has 1 N–H and O–H groups in total. The van der Waals surface area contributed by atoms with Crippen molar-refractivity contribution < 1.29 is 9.53 Å². The molecule has 2 aromatic carbocycles. The molecule has 1 aromatic heterocycles. The number of nitrogens with one attached hydrogen (secondary N) is 1. The minimum Gasteiger partial charge on any atom is -0.496 e. The Labute approximate surface area is 151 Å². The van der Waals surface area contributed by atoms with Gasteiger partial charge in [-0.25, -0.2) is 4.57 Å². The molecule has 0 saturated heterocycles. The van der Waals surface area contributed by atoms with Gasteiger partial charge in [-0.3, -0.25) is 9.59 Å². The number of fused-ring (bicyclic) bond motifs is 1. The van der Waals surface area contributed by atoms with Crippen LogP contribution in [0.1, 0.15) is 15.9 Å². The summed E-state index contributed by atoms with van der Waals surface area (Å²) in [6.07, 6.45) is 0. The second kappa shape index (κ2) is 6.33. The van der Waals surface area contributed by atoms with Crippen molar-refractivity contribution in [1.82, 2.24) is 9.55 Å². The zero-order valence-corrected chi connectivity index (χ0v) is 15.3. The van der Waals surface area contributed by atoms with Crippen LogP contribution in [-0.4, -0.2) is 22.6 Å². The van der Waals surface area contributed by atoms with Gasteiger partial charge < -0.3 is 9.72 Å². The minimum absolute atomic E-state index is 0.0448. The van der Waals surface area contributed by atoms with E-state index < -0.39 is 11.5 Å². The van der Waals surface area contributed by atoms with Gasteiger partial charge in [0.05, 0.1) is 23.6 Å². The van der Waals surface area contributed by atoms with Crippen LogP contribution in [0.15, 0.2) is 45.7 Å². The van der Waals surface area contributed by atoms with E-state index in [9.17, 15) is 9.59 Å². The zero-order chi connectivity index (χ0) is 17.4. The Hall–Kier alpha value is -2.25. The Morgan fingerprint density at radius 2 is 2.04 bits per heavy atom. The standard InChI is InChI=1S/C17H13BrN2O3S/c1-9-4-3-5-11(14(9)23-2)15(21)20-16(22)12-8-10(18)6-7-13(12)19-17(20)24/h3-8H,1-2H3,(H,19,24). The molecule has 0 unspecified atom stereocenters. The molecule has 0 bridgehead atoms. The van der Waals surface area contributed by atoms with E-state index in [1.807, 2.05) is 13.0 Å². The first kappa shape index (κ1) is 16.6. The summed E-state index contributed by atoms with van der Waals surface area (Å²) < 4.78 is 7.06. The highest BCUT2D eigenvalue weighted by molar-refractivity contribution is 9.10. The number of carbonyl (C=O) groups is 1. The van der Waals surface area contributed by atoms with E-state index in [0.29, 0.717) is 16.7 Å². The molecule has 0 radical (unpaired) electrons. The maximum Gasteiger partial charge on any atom is 0.270 e. The number of halogens is 1. The molecule has 0 fully saturated rings. The summed E-state index contributed by atoms with van der Waals surface area (Å²) in [5, 5.41) is 0.373. The van der Waals surface area contributed by atoms with Crippen LogP contribution >= 0.6 is 28.1 Å². The quantitative estimate of drug-likeness (QED) is 0.659. The Morgan fingerprint density at radius 3 is 2.75 bits per heavy atom. The van der Waals surface area contributed by atoms with Crippen LogP contribution in [0.3, 0.4) is 0 Å². The number of benzene rings is 2. The highest BCUT2D eigenvalue weighted by Gasteiger charge is 2.19. The predicted molar refractivity (Wildman–Crippen MR) is 98.6 cm³/mol. The number of methoxy groups -OCH3 is 1. The number of para-hydroxylation sites is 1. The van der Waals surface area contributed by atoms with Gasteiger partial charge in [0, 0.05) is 4.47 Å². The van der Waals surface area contributed by atoms with Crippen LogP contribution in [0.5, 0.6) is 5.75 Å². The number of hydrogen-bond donors (Lipinski definition) is 1. The van der Waals surface area contributed by atoms with Crippen molar-refractivity contribution in [2.75, 3.05) is 7.11 Å². The summed E-state index contributed by atoms with van der Waals surface area (Å²) in [4.78, 5) is 28.7. The second-order valence-electron chi connectivity index (χ2n) is 5.22. The van der Waals surface area contributed by atoms with Gasteiger partial charge >= 0.3 is 0 Å². The third-order valence-corrected chi connectivity index (χ3v) is 4.49. The van der Waals surface area contributed by atoms with Crippen LogP contribution < -0.4 is 10.3 Å². The molecular formula is C17H13BrN2O3S. The molecule has 5 nitrogen and oxygen atoms in total. The molecule has 0 saturated carbocycles. The Bertz CT molecular complexity index is 1090. The average molecular weight is 405 g/mol.